The molecule has 0 spiro atoms. The van der Waals surface area contributed by atoms with Gasteiger partial charge in [-0.15, -0.1) is 0 Å². The number of amides is 2. The number of carbonyl (C=O) groups excluding carboxylic acids is 2. The predicted molar refractivity (Wildman–Crippen MR) is 148 cm³/mol. The molecule has 3 aromatic carbocycles. The fourth-order valence-electron chi connectivity index (χ4n) is 4.21. The number of nitrogens with zero attached hydrogens (tertiary/aromatic N) is 2. The highest BCUT2D eigenvalue weighted by molar-refractivity contribution is 7.92. The topological polar surface area (TPSA) is 96.0 Å². The van der Waals surface area contributed by atoms with Crippen molar-refractivity contribution in [3.05, 3.63) is 89.5 Å². The molecule has 1 N–H and O–H groups in total. The van der Waals surface area contributed by atoms with Crippen LogP contribution in [0.15, 0.2) is 77.7 Å². The Morgan fingerprint density at radius 3 is 2.21 bits per heavy atom. The number of hydrogen-bond acceptors (Lipinski definition) is 5. The van der Waals surface area contributed by atoms with Crippen LogP contribution in [0, 0.1) is 6.92 Å². The lowest BCUT2D eigenvalue weighted by Crippen LogP contribution is -2.41. The van der Waals surface area contributed by atoms with Crippen molar-refractivity contribution in [1.29, 1.82) is 0 Å². The van der Waals surface area contributed by atoms with E-state index < -0.39 is 22.5 Å². The normalized spacial score (nSPS) is 13.8. The number of anilines is 2. The number of morpholine rings is 1. The Kier molecular flexibility index (Phi) is 8.48. The van der Waals surface area contributed by atoms with Gasteiger partial charge in [0.1, 0.15) is 6.54 Å². The SMILES string of the molecule is Cc1ccc(S(=O)(=O)N(CC(=O)Nc2ccccc2C(=O)N2CCOCC2)c2ccc(C(C)C)cc2)cc1. The Balaban J connectivity index is 1.62. The van der Waals surface area contributed by atoms with Crippen LogP contribution in [0.1, 0.15) is 41.3 Å². The van der Waals surface area contributed by atoms with Crippen LogP contribution >= 0.6 is 0 Å². The summed E-state index contributed by atoms with van der Waals surface area (Å²) in [4.78, 5) is 28.2. The standard InChI is InChI=1S/C29H33N3O5S/c1-21(2)23-10-12-24(13-11-23)32(38(35,36)25-14-8-22(3)9-15-25)20-28(33)30-27-7-5-4-6-26(27)29(34)31-16-18-37-19-17-31/h4-15,21H,16-20H2,1-3H3,(H,30,33). The van der Waals surface area contributed by atoms with E-state index in [-0.39, 0.29) is 16.7 Å². The van der Waals surface area contributed by atoms with Crippen molar-refractivity contribution >= 4 is 33.2 Å². The monoisotopic (exact) mass is 535 g/mol. The number of para-hydroxylation sites is 1. The number of nitrogens with one attached hydrogen (secondary N) is 1. The zero-order valence-corrected chi connectivity index (χ0v) is 22.7. The maximum Gasteiger partial charge on any atom is 0.264 e. The second-order valence-electron chi connectivity index (χ2n) is 9.57. The van der Waals surface area contributed by atoms with Crippen LogP contribution < -0.4 is 9.62 Å². The van der Waals surface area contributed by atoms with Crippen LogP contribution in [0.3, 0.4) is 0 Å². The third-order valence-electron chi connectivity index (χ3n) is 6.47. The third-order valence-corrected chi connectivity index (χ3v) is 8.26. The summed E-state index contributed by atoms with van der Waals surface area (Å²) in [6.45, 7) is 7.38. The minimum atomic E-state index is -4.05. The Hall–Kier alpha value is -3.69. The molecule has 0 radical (unpaired) electrons. The first-order valence-corrected chi connectivity index (χ1v) is 14.1. The summed E-state index contributed by atoms with van der Waals surface area (Å²) in [6, 6.07) is 20.4. The molecular weight excluding hydrogens is 502 g/mol. The molecule has 3 aromatic rings. The first kappa shape index (κ1) is 27.3. The number of carbonyl (C=O) groups is 2. The van der Waals surface area contributed by atoms with Gasteiger partial charge < -0.3 is 15.0 Å². The van der Waals surface area contributed by atoms with Crippen molar-refractivity contribution in [2.45, 2.75) is 31.6 Å². The largest absolute Gasteiger partial charge is 0.378 e. The van der Waals surface area contributed by atoms with Gasteiger partial charge in [0.2, 0.25) is 5.91 Å². The van der Waals surface area contributed by atoms with Crippen LogP contribution in [-0.2, 0) is 19.6 Å². The first-order chi connectivity index (χ1) is 18.2. The second-order valence-corrected chi connectivity index (χ2v) is 11.4. The molecule has 4 rings (SSSR count). The van der Waals surface area contributed by atoms with Gasteiger partial charge >= 0.3 is 0 Å². The molecule has 0 unspecified atom stereocenters. The molecule has 1 aliphatic heterocycles. The van der Waals surface area contributed by atoms with Gasteiger partial charge in [-0.2, -0.15) is 0 Å². The van der Waals surface area contributed by atoms with Gasteiger partial charge in [0.05, 0.1) is 35.0 Å². The van der Waals surface area contributed by atoms with E-state index in [0.29, 0.717) is 43.2 Å². The number of sulfonamides is 1. The molecular formula is C29H33N3O5S. The fourth-order valence-corrected chi connectivity index (χ4v) is 5.63. The molecule has 200 valence electrons. The van der Waals surface area contributed by atoms with E-state index in [4.69, 9.17) is 4.74 Å². The highest BCUT2D eigenvalue weighted by Gasteiger charge is 2.28. The Labute approximate surface area is 224 Å². The van der Waals surface area contributed by atoms with E-state index in [9.17, 15) is 18.0 Å². The summed E-state index contributed by atoms with van der Waals surface area (Å²) in [6.07, 6.45) is 0. The molecule has 1 aliphatic rings. The summed E-state index contributed by atoms with van der Waals surface area (Å²) < 4.78 is 33.8. The molecule has 0 aromatic heterocycles. The summed E-state index contributed by atoms with van der Waals surface area (Å²) in [5.41, 5.74) is 3.04. The Bertz CT molecular complexity index is 1380. The predicted octanol–water partition coefficient (Wildman–Crippen LogP) is 4.42. The molecule has 0 saturated carbocycles. The maximum absolute atomic E-state index is 13.7. The number of ether oxygens (including phenoxy) is 1. The quantitative estimate of drug-likeness (QED) is 0.461. The Morgan fingerprint density at radius 2 is 1.58 bits per heavy atom. The van der Waals surface area contributed by atoms with E-state index in [0.717, 1.165) is 15.4 Å². The molecule has 38 heavy (non-hydrogen) atoms. The van der Waals surface area contributed by atoms with Crippen LogP contribution in [0.5, 0.6) is 0 Å². The average molecular weight is 536 g/mol. The van der Waals surface area contributed by atoms with E-state index >= 15 is 0 Å². The summed E-state index contributed by atoms with van der Waals surface area (Å²) in [7, 11) is -4.05. The van der Waals surface area contributed by atoms with E-state index in [2.05, 4.69) is 19.2 Å². The number of rotatable bonds is 8. The Morgan fingerprint density at radius 1 is 0.947 bits per heavy atom. The fraction of sp³-hybridized carbons (Fsp3) is 0.310. The maximum atomic E-state index is 13.7. The van der Waals surface area contributed by atoms with Gasteiger partial charge in [-0.25, -0.2) is 8.42 Å². The molecule has 9 heteroatoms. The van der Waals surface area contributed by atoms with Crippen molar-refractivity contribution < 1.29 is 22.7 Å². The van der Waals surface area contributed by atoms with Crippen molar-refractivity contribution in [2.24, 2.45) is 0 Å². The minimum absolute atomic E-state index is 0.0896. The summed E-state index contributed by atoms with van der Waals surface area (Å²) in [5.74, 6) is -0.497. The zero-order valence-electron chi connectivity index (χ0n) is 21.9. The van der Waals surface area contributed by atoms with Gasteiger partial charge in [0.25, 0.3) is 15.9 Å². The lowest BCUT2D eigenvalue weighted by atomic mass is 10.0. The van der Waals surface area contributed by atoms with E-state index in [1.54, 1.807) is 53.4 Å². The van der Waals surface area contributed by atoms with Crippen LogP contribution in [0.4, 0.5) is 11.4 Å². The first-order valence-electron chi connectivity index (χ1n) is 12.6. The van der Waals surface area contributed by atoms with Crippen molar-refractivity contribution in [3.8, 4) is 0 Å². The smallest absolute Gasteiger partial charge is 0.264 e. The molecule has 1 saturated heterocycles. The summed E-state index contributed by atoms with van der Waals surface area (Å²) >= 11 is 0. The van der Waals surface area contributed by atoms with Crippen molar-refractivity contribution in [3.63, 3.8) is 0 Å². The van der Waals surface area contributed by atoms with Crippen LogP contribution in [0.25, 0.3) is 0 Å². The van der Waals surface area contributed by atoms with E-state index in [1.165, 1.54) is 12.1 Å². The van der Waals surface area contributed by atoms with Gasteiger partial charge in [0.15, 0.2) is 0 Å². The highest BCUT2D eigenvalue weighted by Crippen LogP contribution is 2.27. The lowest BCUT2D eigenvalue weighted by Gasteiger charge is -2.28. The zero-order chi connectivity index (χ0) is 27.3. The van der Waals surface area contributed by atoms with Gasteiger partial charge in [-0.3, -0.25) is 13.9 Å². The number of benzene rings is 3. The van der Waals surface area contributed by atoms with Crippen LogP contribution in [0.2, 0.25) is 0 Å². The number of aryl methyl sites for hydroxylation is 1. The summed E-state index contributed by atoms with van der Waals surface area (Å²) in [5, 5.41) is 2.77. The third kappa shape index (κ3) is 6.23. The lowest BCUT2D eigenvalue weighted by molar-refractivity contribution is -0.114. The van der Waals surface area contributed by atoms with E-state index in [1.807, 2.05) is 19.1 Å². The minimum Gasteiger partial charge on any atom is -0.378 e. The molecule has 1 heterocycles. The van der Waals surface area contributed by atoms with Gasteiger partial charge in [-0.05, 0) is 54.8 Å². The molecule has 0 aliphatic carbocycles. The second kappa shape index (κ2) is 11.8. The van der Waals surface area contributed by atoms with Crippen LogP contribution in [-0.4, -0.2) is 58.0 Å². The van der Waals surface area contributed by atoms with Crippen molar-refractivity contribution in [1.82, 2.24) is 4.90 Å². The number of hydrogen-bond donors (Lipinski definition) is 1. The van der Waals surface area contributed by atoms with Gasteiger partial charge in [-0.1, -0.05) is 55.8 Å². The molecule has 0 bridgehead atoms. The molecule has 0 atom stereocenters. The van der Waals surface area contributed by atoms with Gasteiger partial charge in [0, 0.05) is 13.1 Å². The van der Waals surface area contributed by atoms with Crippen molar-refractivity contribution in [2.75, 3.05) is 42.5 Å². The molecule has 8 nitrogen and oxygen atoms in total. The molecule has 1 fully saturated rings. The highest BCUT2D eigenvalue weighted by atomic mass is 32.2. The average Bonchev–Trinajstić information content (AvgIpc) is 2.92. The molecule has 2 amide bonds.